The van der Waals surface area contributed by atoms with E-state index in [4.69, 9.17) is 9.47 Å². The van der Waals surface area contributed by atoms with E-state index in [1.165, 1.54) is 24.5 Å². The second kappa shape index (κ2) is 11.1. The van der Waals surface area contributed by atoms with Gasteiger partial charge in [-0.1, -0.05) is 18.2 Å². The monoisotopic (exact) mass is 534 g/mol. The van der Waals surface area contributed by atoms with Gasteiger partial charge in [0.15, 0.2) is 11.5 Å². The van der Waals surface area contributed by atoms with Crippen molar-refractivity contribution in [3.63, 3.8) is 0 Å². The third-order valence-electron chi connectivity index (χ3n) is 6.19. The molecule has 2 heterocycles. The van der Waals surface area contributed by atoms with Gasteiger partial charge in [0.25, 0.3) is 0 Å². The number of carbonyl (C=O) groups excluding carboxylic acids is 1. The first-order valence-electron chi connectivity index (χ1n) is 11.8. The number of carbonyl (C=O) groups is 1. The van der Waals surface area contributed by atoms with Crippen molar-refractivity contribution in [2.24, 2.45) is 0 Å². The van der Waals surface area contributed by atoms with E-state index in [9.17, 15) is 13.2 Å². The summed E-state index contributed by atoms with van der Waals surface area (Å²) in [5.74, 6) is 0.953. The number of benzene rings is 2. The number of hydrogen-bond donors (Lipinski definition) is 2. The number of aromatic amines is 1. The summed E-state index contributed by atoms with van der Waals surface area (Å²) >= 11 is 0. The minimum Gasteiger partial charge on any atom is -0.493 e. The molecule has 4 aromatic rings. The summed E-state index contributed by atoms with van der Waals surface area (Å²) in [4.78, 5) is 20.5. The molecule has 0 saturated carbocycles. The van der Waals surface area contributed by atoms with Crippen molar-refractivity contribution in [2.45, 2.75) is 17.9 Å². The molecule has 0 aliphatic carbocycles. The first-order valence-corrected chi connectivity index (χ1v) is 13.3. The molecule has 0 unspecified atom stereocenters. The van der Waals surface area contributed by atoms with Crippen LogP contribution in [-0.4, -0.2) is 56.9 Å². The third-order valence-corrected chi connectivity index (χ3v) is 8.00. The SMILES string of the molecule is COc1ccc([C@@H](C)NC(=O)/C=C/c2c[nH]c3ncc(-c4cccc(S(=O)(=O)N(C)C)c4)cc23)cc1OC. The molecule has 0 aliphatic heterocycles. The van der Waals surface area contributed by atoms with E-state index in [2.05, 4.69) is 15.3 Å². The maximum Gasteiger partial charge on any atom is 0.244 e. The highest BCUT2D eigenvalue weighted by Gasteiger charge is 2.18. The van der Waals surface area contributed by atoms with Crippen LogP contribution in [-0.2, 0) is 14.8 Å². The highest BCUT2D eigenvalue weighted by molar-refractivity contribution is 7.89. The molecule has 0 saturated heterocycles. The lowest BCUT2D eigenvalue weighted by Gasteiger charge is -2.15. The smallest absolute Gasteiger partial charge is 0.244 e. The zero-order valence-corrected chi connectivity index (χ0v) is 22.7. The predicted octanol–water partition coefficient (Wildman–Crippen LogP) is 4.39. The van der Waals surface area contributed by atoms with E-state index in [0.29, 0.717) is 17.1 Å². The molecule has 1 atom stereocenters. The van der Waals surface area contributed by atoms with E-state index >= 15 is 0 Å². The van der Waals surface area contributed by atoms with Gasteiger partial charge in [-0.15, -0.1) is 0 Å². The number of amides is 1. The number of H-pyrrole nitrogens is 1. The maximum absolute atomic E-state index is 12.7. The van der Waals surface area contributed by atoms with Crippen LogP contribution in [0.1, 0.15) is 24.1 Å². The molecular weight excluding hydrogens is 504 g/mol. The van der Waals surface area contributed by atoms with Crippen LogP contribution in [0.2, 0.25) is 0 Å². The standard InChI is InChI=1S/C28H30N4O5S/c1-18(19-9-11-25(36-4)26(15-19)37-5)31-27(33)12-10-21-16-29-28-24(21)14-22(17-30-28)20-7-6-8-23(13-20)38(34,35)32(2)3/h6-18H,1-5H3,(H,29,30)(H,31,33)/b12-10+/t18-/m1/s1. The molecule has 2 N–H and O–H groups in total. The normalized spacial score (nSPS) is 12.7. The molecule has 10 heteroatoms. The minimum atomic E-state index is -3.57. The molecule has 0 bridgehead atoms. The van der Waals surface area contributed by atoms with Gasteiger partial charge >= 0.3 is 0 Å². The fraction of sp³-hybridized carbons (Fsp3) is 0.214. The number of rotatable bonds is 9. The summed E-state index contributed by atoms with van der Waals surface area (Å²) in [6, 6.07) is 13.9. The Labute approximate surface area is 222 Å². The Morgan fingerprint density at radius 1 is 1.05 bits per heavy atom. The quantitative estimate of drug-likeness (QED) is 0.308. The number of aromatic nitrogens is 2. The van der Waals surface area contributed by atoms with Crippen LogP contribution in [0.25, 0.3) is 28.2 Å². The molecule has 9 nitrogen and oxygen atoms in total. The summed E-state index contributed by atoms with van der Waals surface area (Å²) in [5.41, 5.74) is 3.79. The predicted molar refractivity (Wildman–Crippen MR) is 148 cm³/mol. The van der Waals surface area contributed by atoms with Gasteiger partial charge in [-0.25, -0.2) is 17.7 Å². The Hall–Kier alpha value is -4.15. The van der Waals surface area contributed by atoms with Crippen LogP contribution < -0.4 is 14.8 Å². The first-order chi connectivity index (χ1) is 18.1. The number of pyridine rings is 1. The number of methoxy groups -OCH3 is 2. The van der Waals surface area contributed by atoms with Gasteiger partial charge in [0.2, 0.25) is 15.9 Å². The van der Waals surface area contributed by atoms with Gasteiger partial charge in [-0.3, -0.25) is 4.79 Å². The number of nitrogens with zero attached hydrogens (tertiary/aromatic N) is 2. The molecule has 0 spiro atoms. The van der Waals surface area contributed by atoms with Gasteiger partial charge in [-0.2, -0.15) is 0 Å². The Morgan fingerprint density at radius 3 is 2.53 bits per heavy atom. The van der Waals surface area contributed by atoms with Crippen molar-refractivity contribution in [3.8, 4) is 22.6 Å². The zero-order valence-electron chi connectivity index (χ0n) is 21.8. The van der Waals surface area contributed by atoms with Crippen molar-refractivity contribution in [2.75, 3.05) is 28.3 Å². The fourth-order valence-electron chi connectivity index (χ4n) is 4.00. The number of nitrogens with one attached hydrogen (secondary N) is 2. The third kappa shape index (κ3) is 5.56. The molecule has 2 aromatic carbocycles. The largest absolute Gasteiger partial charge is 0.493 e. The molecule has 0 fully saturated rings. The number of fused-ring (bicyclic) bond motifs is 1. The van der Waals surface area contributed by atoms with E-state index in [-0.39, 0.29) is 16.8 Å². The van der Waals surface area contributed by atoms with Crippen LogP contribution in [0.15, 0.2) is 71.9 Å². The Bertz CT molecular complexity index is 1610. The molecule has 198 valence electrons. The Morgan fingerprint density at radius 2 is 1.82 bits per heavy atom. The second-order valence-corrected chi connectivity index (χ2v) is 11.0. The van der Waals surface area contributed by atoms with Crippen molar-refractivity contribution in [1.82, 2.24) is 19.6 Å². The Balaban J connectivity index is 1.54. The lowest BCUT2D eigenvalue weighted by Crippen LogP contribution is -2.24. The van der Waals surface area contributed by atoms with E-state index in [1.807, 2.05) is 31.2 Å². The fourth-order valence-corrected chi connectivity index (χ4v) is 4.95. The summed E-state index contributed by atoms with van der Waals surface area (Å²) in [7, 11) is 2.57. The van der Waals surface area contributed by atoms with E-state index < -0.39 is 10.0 Å². The lowest BCUT2D eigenvalue weighted by atomic mass is 10.1. The molecule has 4 rings (SSSR count). The van der Waals surface area contributed by atoms with Gasteiger partial charge in [0, 0.05) is 49.1 Å². The summed E-state index contributed by atoms with van der Waals surface area (Å²) < 4.78 is 36.9. The van der Waals surface area contributed by atoms with E-state index in [1.54, 1.807) is 57.0 Å². The number of sulfonamides is 1. The summed E-state index contributed by atoms with van der Waals surface area (Å²) in [5, 5.41) is 3.76. The van der Waals surface area contributed by atoms with Crippen LogP contribution in [0, 0.1) is 0 Å². The zero-order chi connectivity index (χ0) is 27.4. The van der Waals surface area contributed by atoms with Crippen molar-refractivity contribution < 1.29 is 22.7 Å². The van der Waals surface area contributed by atoms with Crippen molar-refractivity contribution in [1.29, 1.82) is 0 Å². The van der Waals surface area contributed by atoms with Gasteiger partial charge in [-0.05, 0) is 54.5 Å². The summed E-state index contributed by atoms with van der Waals surface area (Å²) in [6.45, 7) is 1.89. The van der Waals surface area contributed by atoms with Crippen molar-refractivity contribution >= 4 is 33.0 Å². The van der Waals surface area contributed by atoms with Gasteiger partial charge in [0.1, 0.15) is 5.65 Å². The molecule has 1 amide bonds. The average Bonchev–Trinajstić information content (AvgIpc) is 3.33. The van der Waals surface area contributed by atoms with Crippen LogP contribution >= 0.6 is 0 Å². The molecule has 38 heavy (non-hydrogen) atoms. The number of hydrogen-bond acceptors (Lipinski definition) is 6. The second-order valence-electron chi connectivity index (χ2n) is 8.86. The van der Waals surface area contributed by atoms with E-state index in [0.717, 1.165) is 27.6 Å². The summed E-state index contributed by atoms with van der Waals surface area (Å²) in [6.07, 6.45) is 6.64. The van der Waals surface area contributed by atoms with Gasteiger partial charge in [0.05, 0.1) is 25.2 Å². The average molecular weight is 535 g/mol. The van der Waals surface area contributed by atoms with Crippen LogP contribution in [0.3, 0.4) is 0 Å². The van der Waals surface area contributed by atoms with Crippen molar-refractivity contribution in [3.05, 3.63) is 78.1 Å². The molecule has 0 radical (unpaired) electrons. The molecule has 0 aliphatic rings. The van der Waals surface area contributed by atoms with Crippen LogP contribution in [0.4, 0.5) is 0 Å². The molecule has 2 aromatic heterocycles. The first kappa shape index (κ1) is 26.9. The Kier molecular flexibility index (Phi) is 7.84. The maximum atomic E-state index is 12.7. The van der Waals surface area contributed by atoms with Crippen LogP contribution in [0.5, 0.6) is 11.5 Å². The highest BCUT2D eigenvalue weighted by atomic mass is 32.2. The number of ether oxygens (including phenoxy) is 2. The topological polar surface area (TPSA) is 114 Å². The van der Waals surface area contributed by atoms with Gasteiger partial charge < -0.3 is 19.8 Å². The highest BCUT2D eigenvalue weighted by Crippen LogP contribution is 2.30. The molecular formula is C28H30N4O5S. The lowest BCUT2D eigenvalue weighted by molar-refractivity contribution is -0.117. The minimum absolute atomic E-state index is 0.203.